The average Bonchev–Trinajstić information content (AvgIpc) is 3.04. The van der Waals surface area contributed by atoms with Gasteiger partial charge in [0, 0.05) is 17.1 Å². The minimum absolute atomic E-state index is 0.466. The number of rotatable bonds is 5. The largest absolute Gasteiger partial charge is 0.310 e. The van der Waals surface area contributed by atoms with Crippen LogP contribution < -0.4 is 4.90 Å². The fourth-order valence-electron chi connectivity index (χ4n) is 6.59. The van der Waals surface area contributed by atoms with Gasteiger partial charge in [0.25, 0.3) is 0 Å². The van der Waals surface area contributed by atoms with Crippen LogP contribution in [-0.2, 0) is 0 Å². The Balaban J connectivity index is 1.23. The van der Waals surface area contributed by atoms with E-state index in [0.29, 0.717) is 5.92 Å². The lowest BCUT2D eigenvalue weighted by atomic mass is 9.77. The SMILES string of the molecule is Cc1ccc(C(C)C)cc1N(c1ccccc1)c1ccc2cc3c(cc2c1)-c1cc2ccc(-c4ccccc4)cc2cc1-3. The Kier molecular flexibility index (Phi) is 5.94. The third-order valence-corrected chi connectivity index (χ3v) is 9.04. The predicted molar refractivity (Wildman–Crippen MR) is 185 cm³/mol. The van der Waals surface area contributed by atoms with E-state index < -0.39 is 0 Å². The molecule has 0 aromatic heterocycles. The van der Waals surface area contributed by atoms with Crippen LogP contribution in [0.3, 0.4) is 0 Å². The van der Waals surface area contributed by atoms with Gasteiger partial charge in [0.05, 0.1) is 0 Å². The monoisotopic (exact) mass is 551 g/mol. The van der Waals surface area contributed by atoms with Crippen LogP contribution >= 0.6 is 0 Å². The molecule has 1 aliphatic rings. The van der Waals surface area contributed by atoms with Crippen LogP contribution in [-0.4, -0.2) is 0 Å². The quantitative estimate of drug-likeness (QED) is 0.206. The first kappa shape index (κ1) is 25.6. The van der Waals surface area contributed by atoms with Gasteiger partial charge in [0.2, 0.25) is 0 Å². The molecule has 7 aromatic carbocycles. The van der Waals surface area contributed by atoms with Crippen molar-refractivity contribution in [1.29, 1.82) is 0 Å². The lowest BCUT2D eigenvalue weighted by Crippen LogP contribution is -2.12. The number of hydrogen-bond acceptors (Lipinski definition) is 1. The molecule has 0 unspecified atom stereocenters. The molecule has 43 heavy (non-hydrogen) atoms. The molecule has 0 aliphatic heterocycles. The molecular formula is C42H33N. The summed E-state index contributed by atoms with van der Waals surface area (Å²) in [5.74, 6) is 0.466. The molecule has 0 fully saturated rings. The van der Waals surface area contributed by atoms with Crippen LogP contribution in [0.25, 0.3) is 54.9 Å². The third kappa shape index (κ3) is 4.32. The Bertz CT molecular complexity index is 2160. The summed E-state index contributed by atoms with van der Waals surface area (Å²) in [6.07, 6.45) is 0. The molecule has 0 atom stereocenters. The second-order valence-corrected chi connectivity index (χ2v) is 12.1. The molecular weight excluding hydrogens is 518 g/mol. The highest BCUT2D eigenvalue weighted by Crippen LogP contribution is 2.51. The number of nitrogens with zero attached hydrogens (tertiary/aromatic N) is 1. The maximum absolute atomic E-state index is 2.41. The van der Waals surface area contributed by atoms with E-state index in [-0.39, 0.29) is 0 Å². The molecule has 1 aliphatic carbocycles. The Morgan fingerprint density at radius 3 is 1.67 bits per heavy atom. The summed E-state index contributed by atoms with van der Waals surface area (Å²) in [5, 5.41) is 5.11. The van der Waals surface area contributed by atoms with Gasteiger partial charge < -0.3 is 4.90 Å². The van der Waals surface area contributed by atoms with Crippen LogP contribution in [0, 0.1) is 6.92 Å². The summed E-state index contributed by atoms with van der Waals surface area (Å²) < 4.78 is 0. The smallest absolute Gasteiger partial charge is 0.0493 e. The van der Waals surface area contributed by atoms with Gasteiger partial charge in [-0.25, -0.2) is 0 Å². The summed E-state index contributed by atoms with van der Waals surface area (Å²) in [4.78, 5) is 2.41. The number of hydrogen-bond donors (Lipinski definition) is 0. The van der Waals surface area contributed by atoms with Crippen LogP contribution in [0.15, 0.2) is 140 Å². The topological polar surface area (TPSA) is 3.24 Å². The zero-order valence-electron chi connectivity index (χ0n) is 24.8. The van der Waals surface area contributed by atoms with E-state index >= 15 is 0 Å². The normalized spacial score (nSPS) is 11.8. The van der Waals surface area contributed by atoms with Crippen LogP contribution in [0.4, 0.5) is 17.1 Å². The van der Waals surface area contributed by atoms with E-state index in [1.54, 1.807) is 0 Å². The lowest BCUT2D eigenvalue weighted by molar-refractivity contribution is 0.865. The molecule has 0 amide bonds. The fourth-order valence-corrected chi connectivity index (χ4v) is 6.59. The number of aryl methyl sites for hydroxylation is 1. The summed E-state index contributed by atoms with van der Waals surface area (Å²) in [5.41, 5.74) is 14.1. The molecule has 0 saturated heterocycles. The van der Waals surface area contributed by atoms with Gasteiger partial charge in [-0.05, 0) is 140 Å². The van der Waals surface area contributed by atoms with Crippen molar-refractivity contribution in [2.24, 2.45) is 0 Å². The average molecular weight is 552 g/mol. The molecule has 0 bridgehead atoms. The minimum atomic E-state index is 0.466. The lowest BCUT2D eigenvalue weighted by Gasteiger charge is -2.29. The Morgan fingerprint density at radius 2 is 1.02 bits per heavy atom. The molecule has 0 saturated carbocycles. The van der Waals surface area contributed by atoms with Crippen molar-refractivity contribution < 1.29 is 0 Å². The molecule has 7 aromatic rings. The zero-order chi connectivity index (χ0) is 29.1. The Hall–Kier alpha value is -5.14. The van der Waals surface area contributed by atoms with Gasteiger partial charge in [-0.1, -0.05) is 92.7 Å². The van der Waals surface area contributed by atoms with Gasteiger partial charge >= 0.3 is 0 Å². The van der Waals surface area contributed by atoms with E-state index in [0.717, 1.165) is 0 Å². The van der Waals surface area contributed by atoms with Crippen LogP contribution in [0.1, 0.15) is 30.9 Å². The van der Waals surface area contributed by atoms with E-state index in [1.165, 1.54) is 83.1 Å². The van der Waals surface area contributed by atoms with Crippen molar-refractivity contribution in [3.8, 4) is 33.4 Å². The van der Waals surface area contributed by atoms with Gasteiger partial charge in [0.15, 0.2) is 0 Å². The first-order chi connectivity index (χ1) is 21.0. The fraction of sp³-hybridized carbons (Fsp3) is 0.0952. The van der Waals surface area contributed by atoms with Crippen molar-refractivity contribution in [3.05, 3.63) is 151 Å². The van der Waals surface area contributed by atoms with Crippen molar-refractivity contribution in [2.45, 2.75) is 26.7 Å². The maximum atomic E-state index is 2.41. The molecule has 8 rings (SSSR count). The number of benzene rings is 7. The van der Waals surface area contributed by atoms with Crippen molar-refractivity contribution in [3.63, 3.8) is 0 Å². The van der Waals surface area contributed by atoms with E-state index in [9.17, 15) is 0 Å². The molecule has 1 heteroatoms. The molecule has 0 radical (unpaired) electrons. The standard InChI is InChI=1S/C42H33N/c1-27(2)30-15-14-28(3)42(26-30)43(36-12-8-5-9-13-36)37-19-18-33-23-39-40-24-34-20-31(29-10-6-4-7-11-29)16-17-32(34)22-38(40)41(39)25-35(33)21-37/h4-27H,1-3H3. The van der Waals surface area contributed by atoms with Crippen molar-refractivity contribution in [1.82, 2.24) is 0 Å². The zero-order valence-corrected chi connectivity index (χ0v) is 24.8. The van der Waals surface area contributed by atoms with Crippen molar-refractivity contribution in [2.75, 3.05) is 4.90 Å². The molecule has 0 N–H and O–H groups in total. The van der Waals surface area contributed by atoms with Crippen LogP contribution in [0.2, 0.25) is 0 Å². The molecule has 0 heterocycles. The molecule has 1 nitrogen and oxygen atoms in total. The summed E-state index contributed by atoms with van der Waals surface area (Å²) in [7, 11) is 0. The summed E-state index contributed by atoms with van der Waals surface area (Å²) in [6.45, 7) is 6.74. The Labute approximate surface area is 253 Å². The number of fused-ring (bicyclic) bond motifs is 6. The van der Waals surface area contributed by atoms with E-state index in [4.69, 9.17) is 0 Å². The molecule has 0 spiro atoms. The highest BCUT2D eigenvalue weighted by atomic mass is 15.1. The number of anilines is 3. The van der Waals surface area contributed by atoms with Crippen LogP contribution in [0.5, 0.6) is 0 Å². The molecule has 206 valence electrons. The first-order valence-electron chi connectivity index (χ1n) is 15.2. The highest BCUT2D eigenvalue weighted by Gasteiger charge is 2.24. The van der Waals surface area contributed by atoms with Gasteiger partial charge in [-0.15, -0.1) is 0 Å². The van der Waals surface area contributed by atoms with E-state index in [2.05, 4.69) is 165 Å². The van der Waals surface area contributed by atoms with Crippen molar-refractivity contribution >= 4 is 38.6 Å². The summed E-state index contributed by atoms with van der Waals surface area (Å²) >= 11 is 0. The maximum Gasteiger partial charge on any atom is 0.0493 e. The van der Waals surface area contributed by atoms with Gasteiger partial charge in [-0.2, -0.15) is 0 Å². The first-order valence-corrected chi connectivity index (χ1v) is 15.2. The number of para-hydroxylation sites is 1. The second-order valence-electron chi connectivity index (χ2n) is 12.1. The Morgan fingerprint density at radius 1 is 0.442 bits per heavy atom. The second kappa shape index (κ2) is 10.00. The summed E-state index contributed by atoms with van der Waals surface area (Å²) in [6, 6.07) is 51.5. The predicted octanol–water partition coefficient (Wildman–Crippen LogP) is 12.2. The van der Waals surface area contributed by atoms with E-state index in [1.807, 2.05) is 0 Å². The van der Waals surface area contributed by atoms with Gasteiger partial charge in [-0.3, -0.25) is 0 Å². The highest BCUT2D eigenvalue weighted by molar-refractivity contribution is 6.12. The minimum Gasteiger partial charge on any atom is -0.310 e. The van der Waals surface area contributed by atoms with Gasteiger partial charge in [0.1, 0.15) is 0 Å². The third-order valence-electron chi connectivity index (χ3n) is 9.04.